The van der Waals surface area contributed by atoms with Gasteiger partial charge in [-0.15, -0.1) is 11.3 Å². The van der Waals surface area contributed by atoms with Gasteiger partial charge in [0.1, 0.15) is 5.70 Å². The van der Waals surface area contributed by atoms with Crippen LogP contribution in [0.4, 0.5) is 0 Å². The topological polar surface area (TPSA) is 45.2 Å². The zero-order chi connectivity index (χ0) is 12.7. The second-order valence-corrected chi connectivity index (χ2v) is 5.20. The van der Waals surface area contributed by atoms with Gasteiger partial charge in [0, 0.05) is 7.05 Å². The minimum absolute atomic E-state index is 0.107. The summed E-state index contributed by atoms with van der Waals surface area (Å²) in [5.74, 6) is -0.107. The molecule has 0 bridgehead atoms. The normalized spacial score (nSPS) is 17.8. The van der Waals surface area contributed by atoms with Gasteiger partial charge in [0.25, 0.3) is 5.91 Å². The van der Waals surface area contributed by atoms with Crippen LogP contribution < -0.4 is 5.32 Å². The van der Waals surface area contributed by atoms with Gasteiger partial charge in [-0.3, -0.25) is 9.69 Å². The number of carbonyl (C=O) groups is 1. The van der Waals surface area contributed by atoms with Gasteiger partial charge in [-0.25, -0.2) is 4.98 Å². The standard InChI is InChI=1S/C12H9N3OS2/c1-15-11(16)9(14-12(15)17)4-7-2-3-8-10(5-7)18-6-13-8/h2-6H,1H3,(H,14,17)/b9-4-. The average Bonchev–Trinajstić information content (AvgIpc) is 2.91. The number of aromatic nitrogens is 1. The summed E-state index contributed by atoms with van der Waals surface area (Å²) in [4.78, 5) is 17.5. The first kappa shape index (κ1) is 11.3. The van der Waals surface area contributed by atoms with Crippen LogP contribution in [-0.2, 0) is 4.79 Å². The fourth-order valence-corrected chi connectivity index (χ4v) is 2.67. The molecule has 3 rings (SSSR count). The second-order valence-electron chi connectivity index (χ2n) is 3.93. The van der Waals surface area contributed by atoms with E-state index in [1.807, 2.05) is 23.7 Å². The number of carbonyl (C=O) groups excluding carboxylic acids is 1. The molecule has 2 heterocycles. The molecule has 1 aromatic heterocycles. The summed E-state index contributed by atoms with van der Waals surface area (Å²) in [6, 6.07) is 5.89. The number of amides is 1. The molecule has 1 aromatic carbocycles. The number of fused-ring (bicyclic) bond motifs is 1. The van der Waals surface area contributed by atoms with Crippen LogP contribution in [0.25, 0.3) is 16.3 Å². The average molecular weight is 275 g/mol. The van der Waals surface area contributed by atoms with Gasteiger partial charge in [-0.05, 0) is 36.0 Å². The Morgan fingerprint density at radius 1 is 1.50 bits per heavy atom. The molecule has 0 saturated carbocycles. The summed E-state index contributed by atoms with van der Waals surface area (Å²) in [5, 5.41) is 3.34. The highest BCUT2D eigenvalue weighted by atomic mass is 32.1. The lowest BCUT2D eigenvalue weighted by Crippen LogP contribution is -2.25. The first-order valence-electron chi connectivity index (χ1n) is 5.29. The minimum atomic E-state index is -0.107. The number of thiazole rings is 1. The van der Waals surface area contributed by atoms with Crippen molar-refractivity contribution >= 4 is 50.9 Å². The molecule has 1 amide bonds. The maximum absolute atomic E-state index is 11.8. The maximum Gasteiger partial charge on any atom is 0.276 e. The minimum Gasteiger partial charge on any atom is -0.328 e. The third-order valence-corrected chi connectivity index (χ3v) is 3.92. The summed E-state index contributed by atoms with van der Waals surface area (Å²) in [6.45, 7) is 0. The van der Waals surface area contributed by atoms with E-state index in [9.17, 15) is 4.79 Å². The maximum atomic E-state index is 11.8. The van der Waals surface area contributed by atoms with Crippen LogP contribution >= 0.6 is 23.6 Å². The summed E-state index contributed by atoms with van der Waals surface area (Å²) < 4.78 is 1.10. The predicted molar refractivity (Wildman–Crippen MR) is 76.1 cm³/mol. The predicted octanol–water partition coefficient (Wildman–Crippen LogP) is 1.98. The molecule has 4 nitrogen and oxygen atoms in total. The molecule has 1 fully saturated rings. The number of nitrogens with zero attached hydrogens (tertiary/aromatic N) is 2. The fraction of sp³-hybridized carbons (Fsp3) is 0.0833. The summed E-state index contributed by atoms with van der Waals surface area (Å²) >= 11 is 6.60. The number of nitrogens with one attached hydrogen (secondary N) is 1. The Kier molecular flexibility index (Phi) is 2.61. The Bertz CT molecular complexity index is 689. The van der Waals surface area contributed by atoms with Crippen LogP contribution in [0.2, 0.25) is 0 Å². The van der Waals surface area contributed by atoms with E-state index in [-0.39, 0.29) is 5.91 Å². The van der Waals surface area contributed by atoms with Gasteiger partial charge < -0.3 is 5.32 Å². The first-order chi connectivity index (χ1) is 8.65. The third-order valence-electron chi connectivity index (χ3n) is 2.75. The van der Waals surface area contributed by atoms with E-state index in [0.29, 0.717) is 10.8 Å². The van der Waals surface area contributed by atoms with Crippen molar-refractivity contribution in [2.75, 3.05) is 7.05 Å². The number of thiocarbonyl (C=S) groups is 1. The van der Waals surface area contributed by atoms with Gasteiger partial charge in [0.2, 0.25) is 0 Å². The lowest BCUT2D eigenvalue weighted by molar-refractivity contribution is -0.121. The van der Waals surface area contributed by atoms with Crippen LogP contribution in [-0.4, -0.2) is 28.0 Å². The van der Waals surface area contributed by atoms with E-state index >= 15 is 0 Å². The van der Waals surface area contributed by atoms with Crippen LogP contribution in [0.15, 0.2) is 29.4 Å². The van der Waals surface area contributed by atoms with Crippen LogP contribution in [0.1, 0.15) is 5.56 Å². The Hall–Kier alpha value is -1.79. The Morgan fingerprint density at radius 3 is 3.06 bits per heavy atom. The second kappa shape index (κ2) is 4.15. The smallest absolute Gasteiger partial charge is 0.276 e. The number of likely N-dealkylation sites (N-methyl/N-ethyl adjacent to an activating group) is 1. The van der Waals surface area contributed by atoms with Crippen molar-refractivity contribution in [3.8, 4) is 0 Å². The molecule has 18 heavy (non-hydrogen) atoms. The highest BCUT2D eigenvalue weighted by Gasteiger charge is 2.26. The van der Waals surface area contributed by atoms with Crippen LogP contribution in [0, 0.1) is 0 Å². The zero-order valence-corrected chi connectivity index (χ0v) is 11.1. The Labute approximate surface area is 113 Å². The van der Waals surface area contributed by atoms with Crippen molar-refractivity contribution in [1.29, 1.82) is 0 Å². The Morgan fingerprint density at radius 2 is 2.33 bits per heavy atom. The monoisotopic (exact) mass is 275 g/mol. The summed E-state index contributed by atoms with van der Waals surface area (Å²) in [5.41, 5.74) is 4.25. The molecule has 0 radical (unpaired) electrons. The number of hydrogen-bond donors (Lipinski definition) is 1. The molecule has 0 unspecified atom stereocenters. The molecule has 0 atom stereocenters. The summed E-state index contributed by atoms with van der Waals surface area (Å²) in [6.07, 6.45) is 1.80. The molecule has 1 N–H and O–H groups in total. The lowest BCUT2D eigenvalue weighted by atomic mass is 10.2. The largest absolute Gasteiger partial charge is 0.328 e. The van der Waals surface area contributed by atoms with Crippen LogP contribution in [0.5, 0.6) is 0 Å². The van der Waals surface area contributed by atoms with Gasteiger partial charge in [-0.1, -0.05) is 6.07 Å². The quantitative estimate of drug-likeness (QED) is 0.638. The number of benzene rings is 1. The molecule has 6 heteroatoms. The van der Waals surface area contributed by atoms with Crippen molar-refractivity contribution in [2.45, 2.75) is 0 Å². The van der Waals surface area contributed by atoms with Gasteiger partial charge in [0.05, 0.1) is 15.7 Å². The van der Waals surface area contributed by atoms with E-state index < -0.39 is 0 Å². The van der Waals surface area contributed by atoms with Gasteiger partial charge in [0.15, 0.2) is 5.11 Å². The molecule has 1 aliphatic heterocycles. The Balaban J connectivity index is 2.00. The van der Waals surface area contributed by atoms with E-state index in [1.165, 1.54) is 4.90 Å². The molecule has 1 saturated heterocycles. The van der Waals surface area contributed by atoms with Gasteiger partial charge >= 0.3 is 0 Å². The van der Waals surface area contributed by atoms with Crippen molar-refractivity contribution in [2.24, 2.45) is 0 Å². The molecule has 1 aliphatic rings. The lowest BCUT2D eigenvalue weighted by Gasteiger charge is -2.02. The zero-order valence-electron chi connectivity index (χ0n) is 9.51. The highest BCUT2D eigenvalue weighted by molar-refractivity contribution is 7.80. The molecular weight excluding hydrogens is 266 g/mol. The van der Waals surface area contributed by atoms with E-state index in [1.54, 1.807) is 24.5 Å². The summed E-state index contributed by atoms with van der Waals surface area (Å²) in [7, 11) is 1.66. The fourth-order valence-electron chi connectivity index (χ4n) is 1.75. The van der Waals surface area contributed by atoms with Crippen molar-refractivity contribution < 1.29 is 4.79 Å². The molecule has 0 spiro atoms. The molecular formula is C12H9N3OS2. The van der Waals surface area contributed by atoms with Crippen molar-refractivity contribution in [3.05, 3.63) is 35.0 Å². The van der Waals surface area contributed by atoms with Gasteiger partial charge in [-0.2, -0.15) is 0 Å². The molecule has 0 aliphatic carbocycles. The number of hydrogen-bond acceptors (Lipinski definition) is 4. The van der Waals surface area contributed by atoms with E-state index in [4.69, 9.17) is 12.2 Å². The number of rotatable bonds is 1. The van der Waals surface area contributed by atoms with Crippen LogP contribution in [0.3, 0.4) is 0 Å². The van der Waals surface area contributed by atoms with E-state index in [0.717, 1.165) is 15.8 Å². The van der Waals surface area contributed by atoms with Crippen molar-refractivity contribution in [3.63, 3.8) is 0 Å². The highest BCUT2D eigenvalue weighted by Crippen LogP contribution is 2.21. The first-order valence-corrected chi connectivity index (χ1v) is 6.58. The van der Waals surface area contributed by atoms with Crippen molar-refractivity contribution in [1.82, 2.24) is 15.2 Å². The molecule has 90 valence electrons. The molecule has 2 aromatic rings. The third kappa shape index (κ3) is 1.79. The SMILES string of the molecule is CN1C(=O)/C(=C/c2ccc3ncsc3c2)NC1=S. The van der Waals surface area contributed by atoms with E-state index in [2.05, 4.69) is 10.3 Å².